The van der Waals surface area contributed by atoms with Gasteiger partial charge in [-0.2, -0.15) is 0 Å². The van der Waals surface area contributed by atoms with E-state index in [2.05, 4.69) is 23.1 Å². The third kappa shape index (κ3) is 3.68. The highest BCUT2D eigenvalue weighted by molar-refractivity contribution is 6.31. The molecular formula is C26H27NO4. The fraction of sp³-hybridized carbons (Fsp3) is 0.385. The normalized spacial score (nSPS) is 22.7. The first-order valence-corrected chi connectivity index (χ1v) is 11.1. The van der Waals surface area contributed by atoms with Crippen molar-refractivity contribution in [3.8, 4) is 0 Å². The summed E-state index contributed by atoms with van der Waals surface area (Å²) < 4.78 is 11.0. The minimum Gasteiger partial charge on any atom is -0.487 e. The van der Waals surface area contributed by atoms with Crippen LogP contribution in [0.3, 0.4) is 0 Å². The summed E-state index contributed by atoms with van der Waals surface area (Å²) in [6.07, 6.45) is 4.39. The molecule has 2 aromatic carbocycles. The molecule has 31 heavy (non-hydrogen) atoms. The van der Waals surface area contributed by atoms with Gasteiger partial charge in [-0.25, -0.2) is 0 Å². The van der Waals surface area contributed by atoms with Crippen LogP contribution in [-0.4, -0.2) is 42.9 Å². The maximum Gasteiger partial charge on any atom is 0.323 e. The fourth-order valence-electron chi connectivity index (χ4n) is 5.09. The first kappa shape index (κ1) is 20.0. The number of esters is 1. The fourth-order valence-corrected chi connectivity index (χ4v) is 5.09. The smallest absolute Gasteiger partial charge is 0.323 e. The van der Waals surface area contributed by atoms with Gasteiger partial charge in [0.05, 0.1) is 12.7 Å². The number of carbonyl (C=O) groups excluding carboxylic acids is 2. The van der Waals surface area contributed by atoms with Gasteiger partial charge in [-0.1, -0.05) is 48.9 Å². The van der Waals surface area contributed by atoms with E-state index in [9.17, 15) is 9.59 Å². The van der Waals surface area contributed by atoms with E-state index in [1.165, 1.54) is 12.7 Å². The van der Waals surface area contributed by atoms with Crippen molar-refractivity contribution in [3.63, 3.8) is 0 Å². The number of methoxy groups -OCH3 is 1. The van der Waals surface area contributed by atoms with Crippen LogP contribution in [-0.2, 0) is 38.5 Å². The molecule has 0 radical (unpaired) electrons. The summed E-state index contributed by atoms with van der Waals surface area (Å²) in [5, 5.41) is 0. The number of hydrogen-bond donors (Lipinski definition) is 0. The van der Waals surface area contributed by atoms with E-state index < -0.39 is 0 Å². The highest BCUT2D eigenvalue weighted by Gasteiger charge is 2.32. The summed E-state index contributed by atoms with van der Waals surface area (Å²) in [5.74, 6) is 0.727. The molecule has 1 atom stereocenters. The summed E-state index contributed by atoms with van der Waals surface area (Å²) in [7, 11) is 1.47. The first-order chi connectivity index (χ1) is 15.2. The largest absolute Gasteiger partial charge is 0.487 e. The van der Waals surface area contributed by atoms with Gasteiger partial charge in [0.15, 0.2) is 5.78 Å². The lowest BCUT2D eigenvalue weighted by atomic mass is 9.97. The molecule has 1 saturated heterocycles. The lowest BCUT2D eigenvalue weighted by Crippen LogP contribution is -2.46. The number of carbonyl (C=O) groups is 2. The summed E-state index contributed by atoms with van der Waals surface area (Å²) in [6.45, 7) is 2.26. The first-order valence-electron chi connectivity index (χ1n) is 11.1. The van der Waals surface area contributed by atoms with Crippen molar-refractivity contribution in [2.45, 2.75) is 44.8 Å². The average Bonchev–Trinajstić information content (AvgIpc) is 3.36. The number of hydrogen-bond acceptors (Lipinski definition) is 5. The van der Waals surface area contributed by atoms with Gasteiger partial charge in [-0.15, -0.1) is 0 Å². The van der Waals surface area contributed by atoms with Crippen LogP contribution in [0.15, 0.2) is 42.5 Å². The van der Waals surface area contributed by atoms with Gasteiger partial charge in [0, 0.05) is 24.1 Å². The van der Waals surface area contributed by atoms with Crippen LogP contribution in [0.5, 0.6) is 0 Å². The summed E-state index contributed by atoms with van der Waals surface area (Å²) in [5.41, 5.74) is 6.16. The average molecular weight is 418 g/mol. The molecule has 0 spiro atoms. The lowest BCUT2D eigenvalue weighted by molar-refractivity contribution is -0.148. The molecule has 5 nitrogen and oxygen atoms in total. The van der Waals surface area contributed by atoms with Crippen molar-refractivity contribution in [1.82, 2.24) is 4.90 Å². The predicted octanol–water partition coefficient (Wildman–Crippen LogP) is 3.78. The molecule has 5 rings (SSSR count). The van der Waals surface area contributed by atoms with Crippen molar-refractivity contribution >= 4 is 23.1 Å². The van der Waals surface area contributed by atoms with E-state index >= 15 is 0 Å². The maximum atomic E-state index is 12.7. The molecule has 0 N–H and O–H groups in total. The number of ether oxygens (including phenoxy) is 2. The number of likely N-dealkylation sites (tertiary alicyclic amines) is 1. The number of nitrogens with zero attached hydrogens (tertiary/aromatic N) is 1. The molecule has 0 aromatic heterocycles. The minimum absolute atomic E-state index is 0.124. The summed E-state index contributed by atoms with van der Waals surface area (Å²) >= 11 is 0. The van der Waals surface area contributed by atoms with Crippen LogP contribution in [0.2, 0.25) is 0 Å². The van der Waals surface area contributed by atoms with Crippen LogP contribution in [0.1, 0.15) is 47.1 Å². The Bertz CT molecular complexity index is 1070. The van der Waals surface area contributed by atoms with Crippen LogP contribution in [0, 0.1) is 0 Å². The second-order valence-electron chi connectivity index (χ2n) is 8.56. The Morgan fingerprint density at radius 1 is 1.13 bits per heavy atom. The zero-order chi connectivity index (χ0) is 21.4. The van der Waals surface area contributed by atoms with Crippen molar-refractivity contribution in [3.05, 3.63) is 70.3 Å². The highest BCUT2D eigenvalue weighted by atomic mass is 16.5. The number of fused-ring (bicyclic) bond motifs is 2. The second-order valence-corrected chi connectivity index (χ2v) is 8.56. The summed E-state index contributed by atoms with van der Waals surface area (Å²) in [6, 6.07) is 14.2. The Morgan fingerprint density at radius 3 is 2.87 bits per heavy atom. The lowest BCUT2D eigenvalue weighted by Gasteiger charge is -2.33. The van der Waals surface area contributed by atoms with Crippen molar-refractivity contribution < 1.29 is 19.1 Å². The van der Waals surface area contributed by atoms with Gasteiger partial charge in [-0.05, 0) is 42.5 Å². The van der Waals surface area contributed by atoms with Crippen molar-refractivity contribution in [2.75, 3.05) is 20.2 Å². The molecule has 5 heteroatoms. The SMILES string of the molecule is COC(=O)C1CCCCN1CCc1ccc2c(c1)CO/C2=C1/C(=O)Cc2ccccc21. The monoisotopic (exact) mass is 417 g/mol. The Kier molecular flexibility index (Phi) is 5.36. The molecule has 2 aliphatic heterocycles. The number of rotatable bonds is 4. The molecule has 1 aliphatic carbocycles. The third-order valence-corrected chi connectivity index (χ3v) is 6.70. The Labute approximate surface area is 182 Å². The molecular weight excluding hydrogens is 390 g/mol. The maximum absolute atomic E-state index is 12.7. The Hall–Kier alpha value is -2.92. The molecule has 1 fully saturated rings. The third-order valence-electron chi connectivity index (χ3n) is 6.70. The van der Waals surface area contributed by atoms with Crippen molar-refractivity contribution in [1.29, 1.82) is 0 Å². The number of benzene rings is 2. The molecule has 2 heterocycles. The van der Waals surface area contributed by atoms with E-state index in [1.54, 1.807) is 0 Å². The Morgan fingerprint density at radius 2 is 2.00 bits per heavy atom. The van der Waals surface area contributed by atoms with Crippen LogP contribution >= 0.6 is 0 Å². The van der Waals surface area contributed by atoms with Gasteiger partial charge in [-0.3, -0.25) is 14.5 Å². The zero-order valence-electron chi connectivity index (χ0n) is 17.9. The second kappa shape index (κ2) is 8.31. The standard InChI is InChI=1S/C26H27NO4/c1-30-26(29)22-8-4-5-12-27(22)13-11-17-9-10-21-19(14-17)16-31-25(21)24-20-7-3-2-6-18(20)15-23(24)28/h2-3,6-7,9-10,14,22H,4-5,8,11-13,15-16H2,1H3/b25-24+. The van der Waals surface area contributed by atoms with Crippen LogP contribution in [0.25, 0.3) is 11.3 Å². The van der Waals surface area contributed by atoms with Gasteiger partial charge >= 0.3 is 5.97 Å². The quantitative estimate of drug-likeness (QED) is 0.560. The molecule has 0 amide bonds. The van der Waals surface area contributed by atoms with E-state index in [0.29, 0.717) is 13.0 Å². The number of Topliss-reactive ketones (excluding diaryl/α,β-unsaturated/α-hetero) is 1. The van der Waals surface area contributed by atoms with Crippen molar-refractivity contribution in [2.24, 2.45) is 0 Å². The Balaban J connectivity index is 1.36. The summed E-state index contributed by atoms with van der Waals surface area (Å²) in [4.78, 5) is 27.1. The van der Waals surface area contributed by atoms with Gasteiger partial charge in [0.1, 0.15) is 18.4 Å². The zero-order valence-corrected chi connectivity index (χ0v) is 17.9. The molecule has 2 aromatic rings. The van der Waals surface area contributed by atoms with E-state index in [1.807, 2.05) is 24.3 Å². The molecule has 1 unspecified atom stereocenters. The molecule has 3 aliphatic rings. The predicted molar refractivity (Wildman–Crippen MR) is 118 cm³/mol. The van der Waals surface area contributed by atoms with Gasteiger partial charge in [0.25, 0.3) is 0 Å². The van der Waals surface area contributed by atoms with E-state index in [0.717, 1.165) is 72.4 Å². The van der Waals surface area contributed by atoms with Gasteiger partial charge < -0.3 is 9.47 Å². The van der Waals surface area contributed by atoms with Crippen LogP contribution < -0.4 is 0 Å². The molecule has 0 saturated carbocycles. The number of allylic oxidation sites excluding steroid dienone is 1. The van der Waals surface area contributed by atoms with E-state index in [-0.39, 0.29) is 17.8 Å². The van der Waals surface area contributed by atoms with Crippen LogP contribution in [0.4, 0.5) is 0 Å². The van der Waals surface area contributed by atoms with Gasteiger partial charge in [0.2, 0.25) is 0 Å². The topological polar surface area (TPSA) is 55.8 Å². The molecule has 0 bridgehead atoms. The molecule has 160 valence electrons. The van der Waals surface area contributed by atoms with E-state index in [4.69, 9.17) is 9.47 Å². The highest BCUT2D eigenvalue weighted by Crippen LogP contribution is 2.40. The number of piperidine rings is 1. The minimum atomic E-state index is -0.125. The number of ketones is 1.